The molecule has 0 aliphatic rings. The second-order valence-corrected chi connectivity index (χ2v) is 6.60. The molecule has 0 spiro atoms. The highest BCUT2D eigenvalue weighted by Gasteiger charge is 2.19. The maximum atomic E-state index is 12.9. The molecule has 0 amide bonds. The third-order valence-corrected chi connectivity index (χ3v) is 4.54. The molecule has 156 valence electrons. The van der Waals surface area contributed by atoms with E-state index in [1.165, 1.54) is 30.3 Å². The van der Waals surface area contributed by atoms with E-state index in [2.05, 4.69) is 9.97 Å². The SMILES string of the molecule is CCOC(=O)C(C)Cn1cnc2ccc(-c3cnc(OC)c([N+](=O)[O-])c3)cc2c1=O. The Labute approximate surface area is 171 Å². The van der Waals surface area contributed by atoms with Gasteiger partial charge in [0.1, 0.15) is 0 Å². The standard InChI is InChI=1S/C20H20N4O6/c1-4-30-20(26)12(2)10-23-11-22-16-6-5-13(7-15(16)19(23)25)14-8-17(24(27)28)18(29-3)21-9-14/h5-9,11-12H,4,10H2,1-3H3. The zero-order chi connectivity index (χ0) is 21.8. The lowest BCUT2D eigenvalue weighted by molar-refractivity contribution is -0.386. The number of hydrogen-bond donors (Lipinski definition) is 0. The van der Waals surface area contributed by atoms with Crippen LogP contribution in [0.1, 0.15) is 13.8 Å². The summed E-state index contributed by atoms with van der Waals surface area (Å²) in [7, 11) is 1.30. The van der Waals surface area contributed by atoms with Crippen molar-refractivity contribution in [2.45, 2.75) is 20.4 Å². The quantitative estimate of drug-likeness (QED) is 0.329. The highest BCUT2D eigenvalue weighted by atomic mass is 16.6. The Morgan fingerprint density at radius 3 is 2.70 bits per heavy atom. The Balaban J connectivity index is 2.03. The first-order valence-corrected chi connectivity index (χ1v) is 9.20. The zero-order valence-corrected chi connectivity index (χ0v) is 16.7. The Kier molecular flexibility index (Phi) is 6.05. The van der Waals surface area contributed by atoms with E-state index in [-0.39, 0.29) is 30.3 Å². The van der Waals surface area contributed by atoms with Gasteiger partial charge in [0.2, 0.25) is 0 Å². The maximum absolute atomic E-state index is 12.9. The molecule has 3 rings (SSSR count). The number of nitro groups is 1. The van der Waals surface area contributed by atoms with E-state index in [9.17, 15) is 19.7 Å². The zero-order valence-electron chi connectivity index (χ0n) is 16.7. The number of pyridine rings is 1. The van der Waals surface area contributed by atoms with E-state index in [0.717, 1.165) is 0 Å². The van der Waals surface area contributed by atoms with Crippen LogP contribution in [0.3, 0.4) is 0 Å². The van der Waals surface area contributed by atoms with Crippen LogP contribution in [0.15, 0.2) is 41.6 Å². The van der Waals surface area contributed by atoms with Gasteiger partial charge in [-0.2, -0.15) is 0 Å². The molecular weight excluding hydrogens is 392 g/mol. The number of hydrogen-bond acceptors (Lipinski definition) is 8. The van der Waals surface area contributed by atoms with Gasteiger partial charge in [0, 0.05) is 24.4 Å². The van der Waals surface area contributed by atoms with E-state index in [4.69, 9.17) is 9.47 Å². The molecule has 0 radical (unpaired) electrons. The summed E-state index contributed by atoms with van der Waals surface area (Å²) in [5, 5.41) is 11.6. The third kappa shape index (κ3) is 4.12. The number of benzene rings is 1. The number of methoxy groups -OCH3 is 1. The number of carbonyl (C=O) groups excluding carboxylic acids is 1. The van der Waals surface area contributed by atoms with Crippen molar-refractivity contribution in [1.82, 2.24) is 14.5 Å². The molecule has 0 aliphatic carbocycles. The van der Waals surface area contributed by atoms with Gasteiger partial charge in [0.25, 0.3) is 11.4 Å². The molecular formula is C20H20N4O6. The van der Waals surface area contributed by atoms with Crippen molar-refractivity contribution in [2.24, 2.45) is 5.92 Å². The van der Waals surface area contributed by atoms with Crippen molar-refractivity contribution < 1.29 is 19.2 Å². The minimum Gasteiger partial charge on any atom is -0.476 e. The Morgan fingerprint density at radius 2 is 2.03 bits per heavy atom. The monoisotopic (exact) mass is 412 g/mol. The molecule has 0 saturated heterocycles. The summed E-state index contributed by atoms with van der Waals surface area (Å²) in [5.74, 6) is -1.00. The molecule has 1 atom stereocenters. The van der Waals surface area contributed by atoms with E-state index in [1.54, 1.807) is 32.0 Å². The number of fused-ring (bicyclic) bond motifs is 1. The minimum absolute atomic E-state index is 0.0958. The van der Waals surface area contributed by atoms with Crippen LogP contribution < -0.4 is 10.3 Å². The largest absolute Gasteiger partial charge is 0.476 e. The average molecular weight is 412 g/mol. The van der Waals surface area contributed by atoms with Crippen molar-refractivity contribution in [3.05, 3.63) is 57.3 Å². The lowest BCUT2D eigenvalue weighted by Crippen LogP contribution is -2.27. The van der Waals surface area contributed by atoms with Gasteiger partial charge in [0.05, 0.1) is 41.8 Å². The molecule has 30 heavy (non-hydrogen) atoms. The highest BCUT2D eigenvalue weighted by molar-refractivity contribution is 5.84. The fourth-order valence-electron chi connectivity index (χ4n) is 3.01. The van der Waals surface area contributed by atoms with Crippen LogP contribution in [0.5, 0.6) is 5.88 Å². The maximum Gasteiger partial charge on any atom is 0.331 e. The minimum atomic E-state index is -0.582. The van der Waals surface area contributed by atoms with Crippen molar-refractivity contribution in [1.29, 1.82) is 0 Å². The molecule has 1 unspecified atom stereocenters. The molecule has 10 heteroatoms. The average Bonchev–Trinajstić information content (AvgIpc) is 2.75. The summed E-state index contributed by atoms with van der Waals surface area (Å²) in [5.41, 5.74) is 0.894. The third-order valence-electron chi connectivity index (χ3n) is 4.54. The molecule has 10 nitrogen and oxygen atoms in total. The molecule has 0 fully saturated rings. The van der Waals surface area contributed by atoms with Gasteiger partial charge in [-0.05, 0) is 24.6 Å². The topological polar surface area (TPSA) is 126 Å². The molecule has 2 aromatic heterocycles. The molecule has 0 bridgehead atoms. The van der Waals surface area contributed by atoms with E-state index >= 15 is 0 Å². The van der Waals surface area contributed by atoms with Crippen molar-refractivity contribution in [3.8, 4) is 17.0 Å². The van der Waals surface area contributed by atoms with E-state index in [1.807, 2.05) is 0 Å². The van der Waals surface area contributed by atoms with Crippen LogP contribution in [-0.2, 0) is 16.1 Å². The number of carbonyl (C=O) groups is 1. The normalized spacial score (nSPS) is 11.8. The van der Waals surface area contributed by atoms with Crippen LogP contribution in [0, 0.1) is 16.0 Å². The fourth-order valence-corrected chi connectivity index (χ4v) is 3.01. The summed E-state index contributed by atoms with van der Waals surface area (Å²) in [4.78, 5) is 43.7. The predicted octanol–water partition coefficient (Wildman–Crippen LogP) is 2.57. The summed E-state index contributed by atoms with van der Waals surface area (Å²) >= 11 is 0. The first kappa shape index (κ1) is 20.9. The number of nitrogens with zero attached hydrogens (tertiary/aromatic N) is 4. The molecule has 0 saturated carbocycles. The van der Waals surface area contributed by atoms with Crippen molar-refractivity contribution >= 4 is 22.6 Å². The van der Waals surface area contributed by atoms with Gasteiger partial charge in [-0.3, -0.25) is 24.3 Å². The first-order chi connectivity index (χ1) is 14.3. The molecule has 1 aromatic carbocycles. The Morgan fingerprint density at radius 1 is 1.27 bits per heavy atom. The lowest BCUT2D eigenvalue weighted by Gasteiger charge is -2.13. The van der Waals surface area contributed by atoms with Gasteiger partial charge >= 0.3 is 11.7 Å². The van der Waals surface area contributed by atoms with Crippen LogP contribution in [-0.4, -0.2) is 39.1 Å². The molecule has 3 aromatic rings. The lowest BCUT2D eigenvalue weighted by atomic mass is 10.0. The van der Waals surface area contributed by atoms with Gasteiger partial charge in [0.15, 0.2) is 0 Å². The number of ether oxygens (including phenoxy) is 2. The van der Waals surface area contributed by atoms with E-state index in [0.29, 0.717) is 22.0 Å². The van der Waals surface area contributed by atoms with Crippen molar-refractivity contribution in [3.63, 3.8) is 0 Å². The van der Waals surface area contributed by atoms with E-state index < -0.39 is 16.8 Å². The summed E-state index contributed by atoms with van der Waals surface area (Å²) in [6, 6.07) is 6.29. The summed E-state index contributed by atoms with van der Waals surface area (Å²) < 4.78 is 11.3. The Bertz CT molecular complexity index is 1170. The van der Waals surface area contributed by atoms with Crippen molar-refractivity contribution in [2.75, 3.05) is 13.7 Å². The van der Waals surface area contributed by atoms with Gasteiger partial charge in [-0.1, -0.05) is 13.0 Å². The summed E-state index contributed by atoms with van der Waals surface area (Å²) in [6.07, 6.45) is 2.82. The second-order valence-electron chi connectivity index (χ2n) is 6.60. The van der Waals surface area contributed by atoms with Crippen LogP contribution in [0.25, 0.3) is 22.0 Å². The first-order valence-electron chi connectivity index (χ1n) is 9.20. The number of esters is 1. The highest BCUT2D eigenvalue weighted by Crippen LogP contribution is 2.30. The Hall–Kier alpha value is -3.82. The predicted molar refractivity (Wildman–Crippen MR) is 108 cm³/mol. The number of aromatic nitrogens is 3. The molecule has 0 N–H and O–H groups in total. The second kappa shape index (κ2) is 8.68. The van der Waals surface area contributed by atoms with Gasteiger partial charge in [-0.25, -0.2) is 9.97 Å². The van der Waals surface area contributed by atoms with Gasteiger partial charge < -0.3 is 9.47 Å². The van der Waals surface area contributed by atoms with Crippen LogP contribution in [0.4, 0.5) is 5.69 Å². The van der Waals surface area contributed by atoms with Gasteiger partial charge in [-0.15, -0.1) is 0 Å². The van der Waals surface area contributed by atoms with Crippen LogP contribution >= 0.6 is 0 Å². The molecule has 0 aliphatic heterocycles. The summed E-state index contributed by atoms with van der Waals surface area (Å²) in [6.45, 7) is 3.78. The smallest absolute Gasteiger partial charge is 0.331 e. The van der Waals surface area contributed by atoms with Crippen LogP contribution in [0.2, 0.25) is 0 Å². The fraction of sp³-hybridized carbons (Fsp3) is 0.300. The number of rotatable bonds is 7. The molecule has 2 heterocycles.